The molecular formula is C30H43N3O6. The molecule has 2 fully saturated rings. The first-order valence-electron chi connectivity index (χ1n) is 14.2. The molecule has 0 bridgehead atoms. The quantitative estimate of drug-likeness (QED) is 0.382. The van der Waals surface area contributed by atoms with Gasteiger partial charge < -0.3 is 29.5 Å². The number of carbonyl (C=O) groups excluding carboxylic acids is 2. The molecule has 214 valence electrons. The van der Waals surface area contributed by atoms with Crippen LogP contribution in [0.1, 0.15) is 52.5 Å². The Morgan fingerprint density at radius 1 is 1.26 bits per heavy atom. The SMILES string of the molecule is CC[C@]12C=CCN3CC[C@@]4(c5ccc(OC)cc5N(C)[C@H]4[C@@](O)(COC(=O)NCCC(C)C)[C@@H]1OC(C)=O)[C@@H]32. The smallest absolute Gasteiger partial charge is 0.407 e. The van der Waals surface area contributed by atoms with Gasteiger partial charge in [-0.3, -0.25) is 9.69 Å². The molecule has 0 unspecified atom stereocenters. The number of carbonyl (C=O) groups is 2. The maximum absolute atomic E-state index is 12.9. The number of aliphatic hydroxyl groups is 1. The van der Waals surface area contributed by atoms with E-state index in [1.54, 1.807) is 7.11 Å². The number of ether oxygens (including phenoxy) is 3. The number of nitrogens with zero attached hydrogens (tertiary/aromatic N) is 2. The largest absolute Gasteiger partial charge is 0.497 e. The summed E-state index contributed by atoms with van der Waals surface area (Å²) in [5.74, 6) is 0.702. The molecule has 1 aromatic carbocycles. The van der Waals surface area contributed by atoms with E-state index in [-0.39, 0.29) is 12.6 Å². The van der Waals surface area contributed by atoms with E-state index in [9.17, 15) is 14.7 Å². The lowest BCUT2D eigenvalue weighted by Gasteiger charge is -2.64. The maximum Gasteiger partial charge on any atom is 0.407 e. The molecule has 1 saturated heterocycles. The van der Waals surface area contributed by atoms with Crippen LogP contribution in [0.3, 0.4) is 0 Å². The minimum Gasteiger partial charge on any atom is -0.497 e. The van der Waals surface area contributed by atoms with Crippen LogP contribution in [0.4, 0.5) is 10.5 Å². The molecule has 4 aliphatic rings. The molecule has 6 atom stereocenters. The summed E-state index contributed by atoms with van der Waals surface area (Å²) in [4.78, 5) is 30.0. The summed E-state index contributed by atoms with van der Waals surface area (Å²) in [6, 6.07) is 5.61. The third-order valence-corrected chi connectivity index (χ3v) is 9.64. The first-order valence-corrected chi connectivity index (χ1v) is 14.2. The third-order valence-electron chi connectivity index (χ3n) is 9.64. The molecule has 2 N–H and O–H groups in total. The number of fused-ring (bicyclic) bond motifs is 1. The molecule has 0 aromatic heterocycles. The van der Waals surface area contributed by atoms with Gasteiger partial charge in [0.15, 0.2) is 5.60 Å². The Balaban J connectivity index is 1.65. The Bertz CT molecular complexity index is 1160. The minimum absolute atomic E-state index is 0.00779. The third kappa shape index (κ3) is 4.03. The van der Waals surface area contributed by atoms with Crippen LogP contribution >= 0.6 is 0 Å². The van der Waals surface area contributed by atoms with Crippen molar-refractivity contribution in [2.24, 2.45) is 11.3 Å². The predicted octanol–water partition coefficient (Wildman–Crippen LogP) is 3.24. The molecule has 1 spiro atoms. The number of methoxy groups -OCH3 is 1. The fourth-order valence-electron chi connectivity index (χ4n) is 8.30. The molecule has 1 amide bonds. The minimum atomic E-state index is -1.69. The summed E-state index contributed by atoms with van der Waals surface area (Å²) in [5, 5.41) is 15.7. The van der Waals surface area contributed by atoms with Crippen LogP contribution in [-0.4, -0.2) is 86.3 Å². The molecule has 3 heterocycles. The van der Waals surface area contributed by atoms with Gasteiger partial charge in [-0.1, -0.05) is 39.0 Å². The van der Waals surface area contributed by atoms with Crippen molar-refractivity contribution in [2.75, 3.05) is 45.3 Å². The lowest BCUT2D eigenvalue weighted by atomic mass is 9.48. The van der Waals surface area contributed by atoms with Crippen molar-refractivity contribution < 1.29 is 28.9 Å². The van der Waals surface area contributed by atoms with Crippen molar-refractivity contribution in [1.29, 1.82) is 0 Å². The summed E-state index contributed by atoms with van der Waals surface area (Å²) in [7, 11) is 3.61. The van der Waals surface area contributed by atoms with Gasteiger partial charge in [-0.15, -0.1) is 0 Å². The van der Waals surface area contributed by atoms with Crippen LogP contribution in [0.25, 0.3) is 0 Å². The van der Waals surface area contributed by atoms with Crippen molar-refractivity contribution in [3.63, 3.8) is 0 Å². The summed E-state index contributed by atoms with van der Waals surface area (Å²) in [6.45, 7) is 9.48. The van der Waals surface area contributed by atoms with Gasteiger partial charge in [-0.05, 0) is 43.4 Å². The van der Waals surface area contributed by atoms with Gasteiger partial charge in [0, 0.05) is 55.7 Å². The van der Waals surface area contributed by atoms with E-state index >= 15 is 0 Å². The van der Waals surface area contributed by atoms with Crippen LogP contribution in [0.15, 0.2) is 30.4 Å². The number of alkyl carbamates (subject to hydrolysis) is 1. The molecule has 1 aromatic rings. The summed E-state index contributed by atoms with van der Waals surface area (Å²) in [6.07, 6.45) is 5.07. The van der Waals surface area contributed by atoms with E-state index in [1.165, 1.54) is 6.92 Å². The summed E-state index contributed by atoms with van der Waals surface area (Å²) in [5.41, 5.74) is -0.709. The van der Waals surface area contributed by atoms with Gasteiger partial charge >= 0.3 is 12.1 Å². The average Bonchev–Trinajstić information content (AvgIpc) is 3.41. The number of amides is 1. The number of rotatable bonds is 8. The molecule has 1 aliphatic carbocycles. The number of anilines is 1. The molecule has 1 saturated carbocycles. The van der Waals surface area contributed by atoms with E-state index in [4.69, 9.17) is 14.2 Å². The van der Waals surface area contributed by atoms with E-state index in [1.807, 2.05) is 19.2 Å². The first kappa shape index (κ1) is 27.8. The predicted molar refractivity (Wildman–Crippen MR) is 148 cm³/mol. The van der Waals surface area contributed by atoms with Crippen LogP contribution < -0.4 is 15.0 Å². The van der Waals surface area contributed by atoms with Crippen LogP contribution in [0.5, 0.6) is 5.75 Å². The van der Waals surface area contributed by atoms with Crippen LogP contribution in [0, 0.1) is 11.3 Å². The Morgan fingerprint density at radius 2 is 2.03 bits per heavy atom. The van der Waals surface area contributed by atoms with Crippen LogP contribution in [0.2, 0.25) is 0 Å². The van der Waals surface area contributed by atoms with Crippen molar-refractivity contribution in [2.45, 2.75) is 76.2 Å². The molecule has 0 radical (unpaired) electrons. The van der Waals surface area contributed by atoms with Gasteiger partial charge in [0.2, 0.25) is 0 Å². The second kappa shape index (κ2) is 10.0. The maximum atomic E-state index is 12.9. The van der Waals surface area contributed by atoms with Crippen molar-refractivity contribution in [3.8, 4) is 5.75 Å². The zero-order valence-electron chi connectivity index (χ0n) is 24.0. The second-order valence-electron chi connectivity index (χ2n) is 12.1. The molecule has 9 heteroatoms. The van der Waals surface area contributed by atoms with Crippen molar-refractivity contribution in [3.05, 3.63) is 35.9 Å². The van der Waals surface area contributed by atoms with E-state index < -0.39 is 40.6 Å². The number of nitrogens with one attached hydrogen (secondary N) is 1. The normalized spacial score (nSPS) is 34.4. The highest BCUT2D eigenvalue weighted by molar-refractivity contribution is 5.72. The molecule has 3 aliphatic heterocycles. The Morgan fingerprint density at radius 3 is 2.69 bits per heavy atom. The molecule has 9 nitrogen and oxygen atoms in total. The van der Waals surface area contributed by atoms with E-state index in [0.717, 1.165) is 42.9 Å². The fraction of sp³-hybridized carbons (Fsp3) is 0.667. The zero-order valence-corrected chi connectivity index (χ0v) is 24.0. The number of benzene rings is 1. The van der Waals surface area contributed by atoms with Gasteiger partial charge in [0.25, 0.3) is 0 Å². The second-order valence-corrected chi connectivity index (χ2v) is 12.1. The molecular weight excluding hydrogens is 498 g/mol. The fourth-order valence-corrected chi connectivity index (χ4v) is 8.30. The van der Waals surface area contributed by atoms with Gasteiger partial charge in [-0.2, -0.15) is 0 Å². The topological polar surface area (TPSA) is 101 Å². The lowest BCUT2D eigenvalue weighted by Crippen LogP contribution is -2.80. The van der Waals surface area contributed by atoms with Crippen LogP contribution in [-0.2, 0) is 19.7 Å². The van der Waals surface area contributed by atoms with Gasteiger partial charge in [0.1, 0.15) is 18.5 Å². The molecule has 5 rings (SSSR count). The Kier molecular flexibility index (Phi) is 7.12. The zero-order chi connectivity index (χ0) is 28.2. The molecule has 39 heavy (non-hydrogen) atoms. The van der Waals surface area contributed by atoms with Gasteiger partial charge in [-0.25, -0.2) is 4.79 Å². The standard InChI is InChI=1S/C30H43N3O6/c1-7-28-12-8-15-33-16-13-29(24(28)33)22-10-9-21(37-6)17-23(22)32(5)25(29)30(36,26(28)39-20(4)34)18-38-27(35)31-14-11-19(2)3/h8-10,12,17,19,24-26,36H,7,11,13-16,18H2,1-6H3,(H,31,35)/t24-,25+,26+,28+,29+,30-/m0/s1. The summed E-state index contributed by atoms with van der Waals surface area (Å²) < 4.78 is 17.4. The van der Waals surface area contributed by atoms with Gasteiger partial charge in [0.05, 0.1) is 13.2 Å². The highest BCUT2D eigenvalue weighted by atomic mass is 16.6. The summed E-state index contributed by atoms with van der Waals surface area (Å²) >= 11 is 0. The Hall–Kier alpha value is -2.78. The van der Waals surface area contributed by atoms with E-state index in [0.29, 0.717) is 18.9 Å². The highest BCUT2D eigenvalue weighted by Gasteiger charge is 2.78. The average molecular weight is 542 g/mol. The Labute approximate surface area is 231 Å². The van der Waals surface area contributed by atoms with E-state index in [2.05, 4.69) is 54.1 Å². The van der Waals surface area contributed by atoms with Crippen molar-refractivity contribution in [1.82, 2.24) is 10.2 Å². The monoisotopic (exact) mass is 541 g/mol. The number of esters is 1. The lowest BCUT2D eigenvalue weighted by molar-refractivity contribution is -0.228. The highest BCUT2D eigenvalue weighted by Crippen LogP contribution is 2.67. The number of likely N-dealkylation sites (N-methyl/N-ethyl adjacent to an activating group) is 1. The van der Waals surface area contributed by atoms with Crippen molar-refractivity contribution >= 4 is 17.7 Å². The number of hydrogen-bond acceptors (Lipinski definition) is 8. The number of hydrogen-bond donors (Lipinski definition) is 2. The first-order chi connectivity index (χ1) is 18.5.